The van der Waals surface area contributed by atoms with Gasteiger partial charge in [-0.05, 0) is 70.3 Å². The second kappa shape index (κ2) is 51.5. The Morgan fingerprint density at radius 3 is 1.31 bits per heavy atom. The minimum Gasteiger partial charge on any atom is -0.756 e. The summed E-state index contributed by atoms with van der Waals surface area (Å²) in [7, 11) is 1.18. The smallest absolute Gasteiger partial charge is 0.306 e. The highest BCUT2D eigenvalue weighted by atomic mass is 31.2. The van der Waals surface area contributed by atoms with Crippen molar-refractivity contribution in [3.8, 4) is 0 Å². The number of likely N-dealkylation sites (N-methyl/N-ethyl adjacent to an activating group) is 1. The summed E-state index contributed by atoms with van der Waals surface area (Å²) < 4.78 is 30.2. The van der Waals surface area contributed by atoms with Crippen LogP contribution in [0, 0.1) is 0 Å². The standard InChI is InChI=1S/C61H115N2O7P/c1-7-10-13-16-19-22-25-27-28-29-30-31-32-33-34-36-39-41-44-47-50-53-60(64)62-58(57-69-71(66,67)68-56-55-63(4,5)6)59(52-49-46-43-40-38-35-26-23-20-17-14-11-8-2)70-61(65)54-51-48-45-42-37-24-21-18-15-12-9-3/h19,22,27-28,30-31,49,52,58-59H,7-18,20-21,23-26,29,32-48,50-51,53-57H2,1-6H3,(H-,62,64,66,67)/b22-19-,28-27-,31-30-,52-49+. The molecule has 0 bridgehead atoms. The summed E-state index contributed by atoms with van der Waals surface area (Å²) in [6, 6.07) is -0.889. The Kier molecular flexibility index (Phi) is 50.0. The Bertz CT molecular complexity index is 1360. The largest absolute Gasteiger partial charge is 0.756 e. The number of unbranched alkanes of at least 4 members (excludes halogenated alkanes) is 32. The van der Waals surface area contributed by atoms with Crippen molar-refractivity contribution in [2.75, 3.05) is 40.9 Å². The molecule has 0 heterocycles. The molecular weight excluding hydrogens is 904 g/mol. The lowest BCUT2D eigenvalue weighted by molar-refractivity contribution is -0.870. The van der Waals surface area contributed by atoms with E-state index >= 15 is 0 Å². The lowest BCUT2D eigenvalue weighted by atomic mass is 10.0. The van der Waals surface area contributed by atoms with E-state index in [0.717, 1.165) is 83.5 Å². The minimum absolute atomic E-state index is 0.0230. The van der Waals surface area contributed by atoms with E-state index in [2.05, 4.69) is 62.5 Å². The monoisotopic (exact) mass is 1020 g/mol. The fourth-order valence-corrected chi connectivity index (χ4v) is 9.31. The molecule has 1 N–H and O–H groups in total. The molecule has 1 amide bonds. The summed E-state index contributed by atoms with van der Waals surface area (Å²) >= 11 is 0. The third-order valence-corrected chi connectivity index (χ3v) is 14.2. The van der Waals surface area contributed by atoms with E-state index in [-0.39, 0.29) is 31.5 Å². The van der Waals surface area contributed by atoms with E-state index in [4.69, 9.17) is 13.8 Å². The van der Waals surface area contributed by atoms with Gasteiger partial charge in [0.15, 0.2) is 0 Å². The zero-order chi connectivity index (χ0) is 52.2. The van der Waals surface area contributed by atoms with Crippen molar-refractivity contribution in [2.45, 2.75) is 290 Å². The van der Waals surface area contributed by atoms with Gasteiger partial charge in [0.1, 0.15) is 19.3 Å². The molecule has 0 saturated heterocycles. The van der Waals surface area contributed by atoms with E-state index in [1.165, 1.54) is 161 Å². The van der Waals surface area contributed by atoms with Gasteiger partial charge in [0.25, 0.3) is 7.82 Å². The predicted octanol–water partition coefficient (Wildman–Crippen LogP) is 17.5. The number of phosphoric acid groups is 1. The molecule has 416 valence electrons. The van der Waals surface area contributed by atoms with Crippen molar-refractivity contribution in [3.05, 3.63) is 48.6 Å². The summed E-state index contributed by atoms with van der Waals surface area (Å²) in [4.78, 5) is 39.9. The number of esters is 1. The van der Waals surface area contributed by atoms with Gasteiger partial charge in [-0.1, -0.05) is 243 Å². The number of carbonyl (C=O) groups excluding carboxylic acids is 2. The number of allylic oxidation sites excluding steroid dienone is 7. The van der Waals surface area contributed by atoms with Gasteiger partial charge in [0.05, 0.1) is 33.8 Å². The average Bonchev–Trinajstić information content (AvgIpc) is 3.33. The number of carbonyl (C=O) groups is 2. The molecule has 0 aromatic heterocycles. The van der Waals surface area contributed by atoms with Gasteiger partial charge in [-0.25, -0.2) is 0 Å². The zero-order valence-corrected chi connectivity index (χ0v) is 48.3. The first-order chi connectivity index (χ1) is 34.4. The maximum Gasteiger partial charge on any atom is 0.306 e. The van der Waals surface area contributed by atoms with Crippen LogP contribution in [0.15, 0.2) is 48.6 Å². The first-order valence-electron chi connectivity index (χ1n) is 29.9. The van der Waals surface area contributed by atoms with Crippen molar-refractivity contribution in [1.29, 1.82) is 0 Å². The number of nitrogens with zero attached hydrogens (tertiary/aromatic N) is 1. The van der Waals surface area contributed by atoms with Crippen molar-refractivity contribution >= 4 is 19.7 Å². The topological polar surface area (TPSA) is 114 Å². The molecule has 9 nitrogen and oxygen atoms in total. The molecule has 0 aliphatic heterocycles. The van der Waals surface area contributed by atoms with Gasteiger partial charge in [0, 0.05) is 12.8 Å². The molecule has 0 spiro atoms. The second-order valence-corrected chi connectivity index (χ2v) is 22.9. The van der Waals surface area contributed by atoms with Crippen LogP contribution in [0.25, 0.3) is 0 Å². The van der Waals surface area contributed by atoms with E-state index in [0.29, 0.717) is 17.4 Å². The fraction of sp³-hybridized carbons (Fsp3) is 0.836. The van der Waals surface area contributed by atoms with Gasteiger partial charge in [-0.15, -0.1) is 0 Å². The maximum absolute atomic E-state index is 13.5. The number of nitrogens with one attached hydrogen (secondary N) is 1. The number of hydrogen-bond donors (Lipinski definition) is 1. The van der Waals surface area contributed by atoms with Crippen LogP contribution in [0.1, 0.15) is 278 Å². The molecule has 0 saturated carbocycles. The summed E-state index contributed by atoms with van der Waals surface area (Å²) in [5.41, 5.74) is 0. The van der Waals surface area contributed by atoms with E-state index in [9.17, 15) is 19.0 Å². The van der Waals surface area contributed by atoms with Gasteiger partial charge in [-0.2, -0.15) is 0 Å². The molecule has 0 fully saturated rings. The Morgan fingerprint density at radius 2 is 0.859 bits per heavy atom. The number of rotatable bonds is 54. The van der Waals surface area contributed by atoms with E-state index in [1.807, 2.05) is 33.3 Å². The van der Waals surface area contributed by atoms with Crippen LogP contribution < -0.4 is 10.2 Å². The fourth-order valence-electron chi connectivity index (χ4n) is 8.59. The van der Waals surface area contributed by atoms with Crippen LogP contribution in [0.5, 0.6) is 0 Å². The lowest BCUT2D eigenvalue weighted by Gasteiger charge is -2.30. The van der Waals surface area contributed by atoms with Crippen LogP contribution in [0.3, 0.4) is 0 Å². The van der Waals surface area contributed by atoms with Crippen molar-refractivity contribution < 1.29 is 37.3 Å². The quantitative estimate of drug-likeness (QED) is 0.0212. The Morgan fingerprint density at radius 1 is 0.493 bits per heavy atom. The first-order valence-corrected chi connectivity index (χ1v) is 31.4. The number of hydrogen-bond acceptors (Lipinski definition) is 7. The third-order valence-electron chi connectivity index (χ3n) is 13.3. The van der Waals surface area contributed by atoms with Gasteiger partial charge >= 0.3 is 5.97 Å². The summed E-state index contributed by atoms with van der Waals surface area (Å²) in [6.07, 6.45) is 62.1. The van der Waals surface area contributed by atoms with Gasteiger partial charge < -0.3 is 28.5 Å². The number of phosphoric ester groups is 1. The van der Waals surface area contributed by atoms with Crippen molar-refractivity contribution in [2.24, 2.45) is 0 Å². The summed E-state index contributed by atoms with van der Waals surface area (Å²) in [5, 5.41) is 3.02. The van der Waals surface area contributed by atoms with Gasteiger partial charge in [-0.3, -0.25) is 14.2 Å². The highest BCUT2D eigenvalue weighted by Crippen LogP contribution is 2.38. The molecule has 0 aromatic rings. The Balaban J connectivity index is 5.25. The Labute approximate surface area is 439 Å². The summed E-state index contributed by atoms with van der Waals surface area (Å²) in [6.45, 7) is 6.82. The minimum atomic E-state index is -4.69. The van der Waals surface area contributed by atoms with Crippen molar-refractivity contribution in [1.82, 2.24) is 5.32 Å². The SMILES string of the molecule is CCCCC/C=C\C/C=C\C/C=C\CCCCCCCCCCC(=O)NC(COP(=O)([O-])OCC[N+](C)(C)C)C(/C=C/CCCCCCCCCCCCC)OC(=O)CCCCCCCCCCCCC. The molecule has 0 aliphatic carbocycles. The molecule has 0 radical (unpaired) electrons. The van der Waals surface area contributed by atoms with Gasteiger partial charge in [0.2, 0.25) is 5.91 Å². The predicted molar refractivity (Wildman–Crippen MR) is 302 cm³/mol. The Hall–Kier alpha value is -2.03. The second-order valence-electron chi connectivity index (χ2n) is 21.5. The highest BCUT2D eigenvalue weighted by molar-refractivity contribution is 7.45. The molecule has 0 rings (SSSR count). The van der Waals surface area contributed by atoms with E-state index in [1.54, 1.807) is 0 Å². The van der Waals surface area contributed by atoms with Crippen LogP contribution in [-0.4, -0.2) is 69.4 Å². The van der Waals surface area contributed by atoms with E-state index < -0.39 is 20.0 Å². The van der Waals surface area contributed by atoms with Crippen LogP contribution >= 0.6 is 7.82 Å². The van der Waals surface area contributed by atoms with Crippen LogP contribution in [0.4, 0.5) is 0 Å². The number of quaternary nitrogens is 1. The average molecular weight is 1020 g/mol. The molecule has 3 atom stereocenters. The van der Waals surface area contributed by atoms with Crippen LogP contribution in [0.2, 0.25) is 0 Å². The molecule has 10 heteroatoms. The molecule has 0 aromatic carbocycles. The highest BCUT2D eigenvalue weighted by Gasteiger charge is 2.27. The van der Waals surface area contributed by atoms with Crippen molar-refractivity contribution in [3.63, 3.8) is 0 Å². The maximum atomic E-state index is 13.5. The zero-order valence-electron chi connectivity index (χ0n) is 47.4. The molecular formula is C61H115N2O7P. The third kappa shape index (κ3) is 52.6. The van der Waals surface area contributed by atoms with Crippen LogP contribution in [-0.2, 0) is 27.9 Å². The molecule has 3 unspecified atom stereocenters. The molecule has 0 aliphatic rings. The number of amides is 1. The normalized spacial score (nSPS) is 14.1. The summed E-state index contributed by atoms with van der Waals surface area (Å²) in [5.74, 6) is -0.543. The molecule has 71 heavy (non-hydrogen) atoms. The lowest BCUT2D eigenvalue weighted by Crippen LogP contribution is -2.47. The number of ether oxygens (including phenoxy) is 1. The first kappa shape index (κ1) is 69.0.